The van der Waals surface area contributed by atoms with Crippen LogP contribution in [0.2, 0.25) is 5.02 Å². The SMILES string of the molecule is Cc1c(C(=O)OC(C)C(=O)Nc2ccc(Cl)cc2F)sc2nc3n(c(=O)c12)CCC3. The van der Waals surface area contributed by atoms with E-state index in [0.29, 0.717) is 28.1 Å². The van der Waals surface area contributed by atoms with Crippen LogP contribution in [0.1, 0.15) is 34.4 Å². The second-order valence-corrected chi connectivity index (χ2v) is 8.42. The van der Waals surface area contributed by atoms with Crippen LogP contribution in [0.15, 0.2) is 23.0 Å². The van der Waals surface area contributed by atoms with E-state index < -0.39 is 23.8 Å². The smallest absolute Gasteiger partial charge is 0.349 e. The number of esters is 1. The van der Waals surface area contributed by atoms with Gasteiger partial charge in [-0.25, -0.2) is 14.2 Å². The van der Waals surface area contributed by atoms with Crippen LogP contribution in [-0.4, -0.2) is 27.5 Å². The molecule has 0 saturated carbocycles. The average Bonchev–Trinajstić information content (AvgIpc) is 3.29. The maximum Gasteiger partial charge on any atom is 0.349 e. The Morgan fingerprint density at radius 2 is 2.17 bits per heavy atom. The van der Waals surface area contributed by atoms with Gasteiger partial charge in [-0.2, -0.15) is 0 Å². The molecule has 1 unspecified atom stereocenters. The number of rotatable bonds is 4. The number of ether oxygens (including phenoxy) is 1. The highest BCUT2D eigenvalue weighted by molar-refractivity contribution is 7.20. The fourth-order valence-corrected chi connectivity index (χ4v) is 4.60. The van der Waals surface area contributed by atoms with E-state index in [0.717, 1.165) is 30.2 Å². The number of halogens is 2. The van der Waals surface area contributed by atoms with E-state index in [9.17, 15) is 18.8 Å². The van der Waals surface area contributed by atoms with E-state index in [1.165, 1.54) is 19.1 Å². The first kappa shape index (κ1) is 20.5. The van der Waals surface area contributed by atoms with Gasteiger partial charge in [0, 0.05) is 18.0 Å². The average molecular weight is 450 g/mol. The predicted molar refractivity (Wildman–Crippen MR) is 112 cm³/mol. The number of fused-ring (bicyclic) bond motifs is 2. The lowest BCUT2D eigenvalue weighted by Crippen LogP contribution is -2.30. The number of aromatic nitrogens is 2. The maximum absolute atomic E-state index is 13.9. The van der Waals surface area contributed by atoms with Crippen molar-refractivity contribution in [2.45, 2.75) is 39.3 Å². The molecule has 3 aromatic rings. The van der Waals surface area contributed by atoms with Gasteiger partial charge in [0.25, 0.3) is 11.5 Å². The lowest BCUT2D eigenvalue weighted by molar-refractivity contribution is -0.123. The van der Waals surface area contributed by atoms with E-state index in [1.807, 2.05) is 0 Å². The Labute approximate surface area is 179 Å². The molecule has 0 fully saturated rings. The van der Waals surface area contributed by atoms with Crippen molar-refractivity contribution < 1.29 is 18.7 Å². The molecule has 1 amide bonds. The van der Waals surface area contributed by atoms with E-state index >= 15 is 0 Å². The summed E-state index contributed by atoms with van der Waals surface area (Å²) in [6.07, 6.45) is 0.408. The predicted octanol–water partition coefficient (Wildman–Crippen LogP) is 3.69. The first-order valence-corrected chi connectivity index (χ1v) is 10.5. The monoisotopic (exact) mass is 449 g/mol. The number of hydrogen-bond donors (Lipinski definition) is 1. The van der Waals surface area contributed by atoms with Gasteiger partial charge in [-0.3, -0.25) is 14.2 Å². The summed E-state index contributed by atoms with van der Waals surface area (Å²) in [5.41, 5.74) is 0.248. The maximum atomic E-state index is 13.9. The highest BCUT2D eigenvalue weighted by atomic mass is 35.5. The third kappa shape index (κ3) is 3.59. The van der Waals surface area contributed by atoms with Gasteiger partial charge < -0.3 is 10.1 Å². The number of nitrogens with one attached hydrogen (secondary N) is 1. The molecule has 0 aliphatic carbocycles. The molecule has 156 valence electrons. The minimum absolute atomic E-state index is 0.0721. The van der Waals surface area contributed by atoms with Crippen LogP contribution in [0.4, 0.5) is 10.1 Å². The van der Waals surface area contributed by atoms with Gasteiger partial charge in [0.2, 0.25) is 0 Å². The quantitative estimate of drug-likeness (QED) is 0.613. The van der Waals surface area contributed by atoms with Gasteiger partial charge in [0.05, 0.1) is 11.1 Å². The molecule has 1 N–H and O–H groups in total. The Morgan fingerprint density at radius 1 is 1.40 bits per heavy atom. The van der Waals surface area contributed by atoms with E-state index in [1.54, 1.807) is 11.5 Å². The minimum atomic E-state index is -1.18. The molecule has 1 aliphatic rings. The van der Waals surface area contributed by atoms with Crippen LogP contribution in [0.25, 0.3) is 10.2 Å². The van der Waals surface area contributed by atoms with E-state index in [4.69, 9.17) is 16.3 Å². The van der Waals surface area contributed by atoms with Crippen molar-refractivity contribution in [3.63, 3.8) is 0 Å². The number of thiophene rings is 1. The molecular formula is C20H17ClFN3O4S. The van der Waals surface area contributed by atoms with Crippen molar-refractivity contribution >= 4 is 50.7 Å². The summed E-state index contributed by atoms with van der Waals surface area (Å²) in [7, 11) is 0. The van der Waals surface area contributed by atoms with Crippen molar-refractivity contribution in [3.05, 3.63) is 55.7 Å². The number of nitrogens with zero attached hydrogens (tertiary/aromatic N) is 2. The molecule has 0 saturated heterocycles. The van der Waals surface area contributed by atoms with Crippen molar-refractivity contribution in [3.8, 4) is 0 Å². The van der Waals surface area contributed by atoms with Gasteiger partial charge in [-0.05, 0) is 44.0 Å². The summed E-state index contributed by atoms with van der Waals surface area (Å²) in [4.78, 5) is 42.9. The summed E-state index contributed by atoms with van der Waals surface area (Å²) in [5.74, 6) is -1.42. The molecular weight excluding hydrogens is 433 g/mol. The molecule has 7 nitrogen and oxygen atoms in total. The van der Waals surface area contributed by atoms with Gasteiger partial charge in [-0.1, -0.05) is 11.6 Å². The van der Waals surface area contributed by atoms with Crippen LogP contribution in [0.5, 0.6) is 0 Å². The van der Waals surface area contributed by atoms with E-state index in [-0.39, 0.29) is 21.1 Å². The second-order valence-electron chi connectivity index (χ2n) is 6.99. The van der Waals surface area contributed by atoms with Gasteiger partial charge in [0.15, 0.2) is 6.10 Å². The highest BCUT2D eigenvalue weighted by Crippen LogP contribution is 2.29. The zero-order valence-corrected chi connectivity index (χ0v) is 17.7. The minimum Gasteiger partial charge on any atom is -0.448 e. The van der Waals surface area contributed by atoms with Crippen LogP contribution in [-0.2, 0) is 22.5 Å². The van der Waals surface area contributed by atoms with Crippen LogP contribution >= 0.6 is 22.9 Å². The lowest BCUT2D eigenvalue weighted by Gasteiger charge is -2.13. The largest absolute Gasteiger partial charge is 0.448 e. The first-order valence-electron chi connectivity index (χ1n) is 9.26. The molecule has 1 aromatic carbocycles. The molecule has 4 rings (SSSR count). The van der Waals surface area contributed by atoms with E-state index in [2.05, 4.69) is 10.3 Å². The Balaban J connectivity index is 1.54. The zero-order chi connectivity index (χ0) is 21.6. The number of hydrogen-bond acceptors (Lipinski definition) is 6. The standard InChI is InChI=1S/C20H17ClFN3O4S/c1-9-15-18(24-14-4-3-7-25(14)19(15)27)30-16(9)20(28)29-10(2)17(26)23-13-6-5-11(21)8-12(13)22/h5-6,8,10H,3-4,7H2,1-2H3,(H,23,26). The van der Waals surface area contributed by atoms with Gasteiger partial charge in [0.1, 0.15) is 21.3 Å². The number of carbonyl (C=O) groups is 2. The molecule has 0 radical (unpaired) electrons. The highest BCUT2D eigenvalue weighted by Gasteiger charge is 2.26. The lowest BCUT2D eigenvalue weighted by atomic mass is 10.2. The number of benzene rings is 1. The number of anilines is 1. The summed E-state index contributed by atoms with van der Waals surface area (Å²) >= 11 is 6.76. The molecule has 0 bridgehead atoms. The molecule has 30 heavy (non-hydrogen) atoms. The zero-order valence-electron chi connectivity index (χ0n) is 16.1. The van der Waals surface area contributed by atoms with Gasteiger partial charge >= 0.3 is 5.97 Å². The topological polar surface area (TPSA) is 90.3 Å². The second kappa shape index (κ2) is 7.81. The fourth-order valence-electron chi connectivity index (χ4n) is 3.36. The molecule has 10 heteroatoms. The van der Waals surface area contributed by atoms with Gasteiger partial charge in [-0.15, -0.1) is 11.3 Å². The Bertz CT molecular complexity index is 1250. The van der Waals surface area contributed by atoms with Crippen molar-refractivity contribution in [2.24, 2.45) is 0 Å². The van der Waals surface area contributed by atoms with Crippen LogP contribution < -0.4 is 10.9 Å². The first-order chi connectivity index (χ1) is 14.3. The normalized spacial score (nSPS) is 13.9. The summed E-state index contributed by atoms with van der Waals surface area (Å²) in [6.45, 7) is 3.66. The molecule has 3 heterocycles. The third-order valence-electron chi connectivity index (χ3n) is 4.94. The number of aryl methyl sites for hydroxylation is 2. The number of carbonyl (C=O) groups excluding carboxylic acids is 2. The molecule has 1 aliphatic heterocycles. The summed E-state index contributed by atoms with van der Waals surface area (Å²) < 4.78 is 20.8. The molecule has 0 spiro atoms. The third-order valence-corrected chi connectivity index (χ3v) is 6.34. The Kier molecular flexibility index (Phi) is 5.33. The Morgan fingerprint density at radius 3 is 2.90 bits per heavy atom. The van der Waals surface area contributed by atoms with Crippen molar-refractivity contribution in [1.29, 1.82) is 0 Å². The Hall–Kier alpha value is -2.78. The molecule has 1 atom stereocenters. The van der Waals surface area contributed by atoms with Crippen LogP contribution in [0, 0.1) is 12.7 Å². The number of amides is 1. The summed E-state index contributed by atoms with van der Waals surface area (Å²) in [6, 6.07) is 3.82. The van der Waals surface area contributed by atoms with Crippen molar-refractivity contribution in [1.82, 2.24) is 9.55 Å². The summed E-state index contributed by atoms with van der Waals surface area (Å²) in [5, 5.41) is 2.96. The fraction of sp³-hybridized carbons (Fsp3) is 0.300. The van der Waals surface area contributed by atoms with Crippen LogP contribution in [0.3, 0.4) is 0 Å². The molecule has 2 aromatic heterocycles. The van der Waals surface area contributed by atoms with Crippen molar-refractivity contribution in [2.75, 3.05) is 5.32 Å².